The smallest absolute Gasteiger partial charge is 0.433 e. The molecule has 0 N–H and O–H groups in total. The van der Waals surface area contributed by atoms with Crippen LogP contribution < -0.4 is 4.74 Å². The van der Waals surface area contributed by atoms with Gasteiger partial charge in [-0.15, -0.1) is 10.2 Å². The Bertz CT molecular complexity index is 863. The van der Waals surface area contributed by atoms with Gasteiger partial charge in [-0.1, -0.05) is 0 Å². The summed E-state index contributed by atoms with van der Waals surface area (Å²) in [4.78, 5) is 7.31. The van der Waals surface area contributed by atoms with Crippen LogP contribution in [0.25, 0.3) is 11.5 Å². The van der Waals surface area contributed by atoms with Gasteiger partial charge in [0.25, 0.3) is 5.89 Å². The van der Waals surface area contributed by atoms with Crippen LogP contribution in [0.15, 0.2) is 41.1 Å². The maximum absolute atomic E-state index is 12.4. The van der Waals surface area contributed by atoms with Crippen molar-refractivity contribution in [2.75, 3.05) is 0 Å². The van der Waals surface area contributed by atoms with Gasteiger partial charge in [0.1, 0.15) is 18.1 Å². The lowest BCUT2D eigenvalue weighted by molar-refractivity contribution is -0.141. The monoisotopic (exact) mass is 372 g/mol. The molecule has 0 radical (unpaired) electrons. The van der Waals surface area contributed by atoms with Crippen LogP contribution in [0.1, 0.15) is 23.7 Å². The first kappa shape index (κ1) is 17.7. The predicted octanol–water partition coefficient (Wildman–Crippen LogP) is 4.06. The molecule has 26 heavy (non-hydrogen) atoms. The Balaban J connectivity index is 1.62. The van der Waals surface area contributed by atoms with Gasteiger partial charge < -0.3 is 9.15 Å². The molecular weight excluding hydrogens is 363 g/mol. The van der Waals surface area contributed by atoms with E-state index < -0.39 is 24.2 Å². The van der Waals surface area contributed by atoms with Crippen LogP contribution in [0.5, 0.6) is 5.75 Å². The molecule has 0 aliphatic heterocycles. The van der Waals surface area contributed by atoms with E-state index in [1.54, 1.807) is 0 Å². The molecule has 6 nitrogen and oxygen atoms in total. The summed E-state index contributed by atoms with van der Waals surface area (Å²) in [6.07, 6.45) is -5.10. The number of alkyl halides is 5. The fourth-order valence-corrected chi connectivity index (χ4v) is 1.87. The van der Waals surface area contributed by atoms with Gasteiger partial charge in [0.2, 0.25) is 5.89 Å². The predicted molar refractivity (Wildman–Crippen MR) is 76.1 cm³/mol. The maximum atomic E-state index is 12.4. The van der Waals surface area contributed by atoms with E-state index in [2.05, 4.69) is 20.2 Å². The first-order valence-corrected chi connectivity index (χ1v) is 7.06. The second kappa shape index (κ2) is 7.02. The normalized spacial score (nSPS) is 11.8. The lowest BCUT2D eigenvalue weighted by Gasteiger charge is -2.08. The molecule has 0 aliphatic carbocycles. The first-order valence-electron chi connectivity index (χ1n) is 7.06. The van der Waals surface area contributed by atoms with Crippen molar-refractivity contribution in [3.63, 3.8) is 0 Å². The molecule has 0 saturated carbocycles. The number of halogens is 5. The number of pyridine rings is 2. The zero-order chi connectivity index (χ0) is 18.7. The van der Waals surface area contributed by atoms with Gasteiger partial charge in [0, 0.05) is 6.20 Å². The van der Waals surface area contributed by atoms with Gasteiger partial charge >= 0.3 is 12.6 Å². The summed E-state index contributed by atoms with van der Waals surface area (Å²) in [6, 6.07) is 5.00. The lowest BCUT2D eigenvalue weighted by Crippen LogP contribution is -2.07. The van der Waals surface area contributed by atoms with Crippen molar-refractivity contribution in [2.45, 2.75) is 19.2 Å². The van der Waals surface area contributed by atoms with Crippen LogP contribution in [0.4, 0.5) is 22.0 Å². The highest BCUT2D eigenvalue weighted by Gasteiger charge is 2.32. The molecule has 0 aliphatic rings. The van der Waals surface area contributed by atoms with Gasteiger partial charge in [0.05, 0.1) is 17.5 Å². The summed E-state index contributed by atoms with van der Waals surface area (Å²) < 4.78 is 72.2. The molecule has 136 valence electrons. The number of hydrogen-bond acceptors (Lipinski definition) is 6. The molecule has 3 heterocycles. The summed E-state index contributed by atoms with van der Waals surface area (Å²) in [5.41, 5.74) is -0.235. The zero-order valence-electron chi connectivity index (χ0n) is 12.7. The molecule has 0 amide bonds. The van der Waals surface area contributed by atoms with Gasteiger partial charge in [-0.25, -0.2) is 4.98 Å². The standard InChI is InChI=1S/C15H9F5N4O2/c16-12(17)14-24-23-13(26-14)8-1-2-9(21-5-8)7-25-10-3-4-11(22-6-10)15(18,19)20/h1-6,12H,7H2. The molecule has 3 aromatic heterocycles. The lowest BCUT2D eigenvalue weighted by atomic mass is 10.2. The van der Waals surface area contributed by atoms with Crippen LogP contribution in [0.2, 0.25) is 0 Å². The van der Waals surface area contributed by atoms with Crippen molar-refractivity contribution in [1.82, 2.24) is 20.2 Å². The molecule has 0 fully saturated rings. The molecule has 0 atom stereocenters. The van der Waals surface area contributed by atoms with Gasteiger partial charge in [-0.2, -0.15) is 22.0 Å². The minimum absolute atomic E-state index is 0.0283. The van der Waals surface area contributed by atoms with Crippen molar-refractivity contribution in [3.05, 3.63) is 53.9 Å². The molecular formula is C15H9F5N4O2. The Labute approximate surface area is 142 Å². The van der Waals surface area contributed by atoms with Crippen LogP contribution >= 0.6 is 0 Å². The molecule has 0 saturated heterocycles. The molecule has 11 heteroatoms. The summed E-state index contributed by atoms with van der Waals surface area (Å²) in [5, 5.41) is 6.70. The first-order chi connectivity index (χ1) is 12.3. The molecule has 3 aromatic rings. The highest BCUT2D eigenvalue weighted by molar-refractivity contribution is 5.50. The van der Waals surface area contributed by atoms with E-state index >= 15 is 0 Å². The Kier molecular flexibility index (Phi) is 4.78. The third-order valence-electron chi connectivity index (χ3n) is 3.11. The average Bonchev–Trinajstić information content (AvgIpc) is 3.10. The summed E-state index contributed by atoms with van der Waals surface area (Å²) in [5.74, 6) is -0.753. The quantitative estimate of drug-likeness (QED) is 0.629. The zero-order valence-corrected chi connectivity index (χ0v) is 12.7. The number of ether oxygens (including phenoxy) is 1. The van der Waals surface area contributed by atoms with E-state index in [-0.39, 0.29) is 18.2 Å². The Morgan fingerprint density at radius 3 is 2.35 bits per heavy atom. The van der Waals surface area contributed by atoms with Crippen molar-refractivity contribution >= 4 is 0 Å². The van der Waals surface area contributed by atoms with E-state index in [4.69, 9.17) is 9.15 Å². The second-order valence-electron chi connectivity index (χ2n) is 4.95. The van der Waals surface area contributed by atoms with Gasteiger partial charge in [-0.3, -0.25) is 4.98 Å². The highest BCUT2D eigenvalue weighted by atomic mass is 19.4. The Morgan fingerprint density at radius 2 is 1.81 bits per heavy atom. The van der Waals surface area contributed by atoms with E-state index in [1.807, 2.05) is 0 Å². The molecule has 0 unspecified atom stereocenters. The van der Waals surface area contributed by atoms with Crippen LogP contribution in [-0.2, 0) is 12.8 Å². The molecule has 0 aromatic carbocycles. The SMILES string of the molecule is FC(F)c1nnc(-c2ccc(COc3ccc(C(F)(F)F)nc3)nc2)o1. The molecule has 3 rings (SSSR count). The third kappa shape index (κ3) is 4.10. The van der Waals surface area contributed by atoms with Crippen LogP contribution in [-0.4, -0.2) is 20.2 Å². The maximum Gasteiger partial charge on any atom is 0.433 e. The number of aromatic nitrogens is 4. The topological polar surface area (TPSA) is 73.9 Å². The fourth-order valence-electron chi connectivity index (χ4n) is 1.87. The number of rotatable bonds is 5. The van der Waals surface area contributed by atoms with Crippen LogP contribution in [0, 0.1) is 0 Å². The second-order valence-corrected chi connectivity index (χ2v) is 4.95. The molecule has 0 spiro atoms. The Morgan fingerprint density at radius 1 is 1.00 bits per heavy atom. The third-order valence-corrected chi connectivity index (χ3v) is 3.11. The van der Waals surface area contributed by atoms with Crippen molar-refractivity contribution in [3.8, 4) is 17.2 Å². The summed E-state index contributed by atoms with van der Waals surface area (Å²) >= 11 is 0. The summed E-state index contributed by atoms with van der Waals surface area (Å²) in [6.45, 7) is -0.0283. The van der Waals surface area contributed by atoms with E-state index in [0.29, 0.717) is 11.3 Å². The average molecular weight is 372 g/mol. The van der Waals surface area contributed by atoms with Crippen LogP contribution in [0.3, 0.4) is 0 Å². The van der Waals surface area contributed by atoms with E-state index in [9.17, 15) is 22.0 Å². The number of nitrogens with zero attached hydrogens (tertiary/aromatic N) is 4. The minimum atomic E-state index is -4.52. The Hall–Kier alpha value is -3.11. The summed E-state index contributed by atoms with van der Waals surface area (Å²) in [7, 11) is 0. The largest absolute Gasteiger partial charge is 0.486 e. The van der Waals surface area contributed by atoms with Crippen molar-refractivity contribution in [2.24, 2.45) is 0 Å². The van der Waals surface area contributed by atoms with Crippen molar-refractivity contribution < 1.29 is 31.1 Å². The van der Waals surface area contributed by atoms with E-state index in [1.165, 1.54) is 18.3 Å². The fraction of sp³-hybridized carbons (Fsp3) is 0.200. The van der Waals surface area contributed by atoms with Crippen molar-refractivity contribution in [1.29, 1.82) is 0 Å². The van der Waals surface area contributed by atoms with Gasteiger partial charge in [0.15, 0.2) is 0 Å². The number of hydrogen-bond donors (Lipinski definition) is 0. The van der Waals surface area contributed by atoms with Gasteiger partial charge in [-0.05, 0) is 24.3 Å². The highest BCUT2D eigenvalue weighted by Crippen LogP contribution is 2.28. The van der Waals surface area contributed by atoms with E-state index in [0.717, 1.165) is 18.3 Å². The molecule has 0 bridgehead atoms. The minimum Gasteiger partial charge on any atom is -0.486 e.